The predicted molar refractivity (Wildman–Crippen MR) is 48.8 cm³/mol. The summed E-state index contributed by atoms with van der Waals surface area (Å²) >= 11 is 0. The molecule has 1 unspecified atom stereocenters. The van der Waals surface area contributed by atoms with Crippen LogP contribution in [0.4, 0.5) is 0 Å². The Bertz CT molecular complexity index is 124. The van der Waals surface area contributed by atoms with Crippen LogP contribution >= 0.6 is 0 Å². The fourth-order valence-electron chi connectivity index (χ4n) is 1.23. The number of hydrogen-bond acceptors (Lipinski definition) is 5. The summed E-state index contributed by atoms with van der Waals surface area (Å²) in [5, 5.41) is 8.38. The SMILES string of the molecule is OCCOCOCOCC1CCCO1. The Morgan fingerprint density at radius 3 is 2.79 bits per heavy atom. The highest BCUT2D eigenvalue weighted by Crippen LogP contribution is 2.11. The summed E-state index contributed by atoms with van der Waals surface area (Å²) in [6, 6.07) is 0. The summed E-state index contributed by atoms with van der Waals surface area (Å²) in [4.78, 5) is 0. The molecule has 0 aromatic carbocycles. The number of aliphatic hydroxyl groups excluding tert-OH is 1. The number of hydrogen-bond donors (Lipinski definition) is 1. The van der Waals surface area contributed by atoms with E-state index in [1.165, 1.54) is 0 Å². The van der Waals surface area contributed by atoms with Gasteiger partial charge in [-0.1, -0.05) is 0 Å². The van der Waals surface area contributed by atoms with Crippen molar-refractivity contribution >= 4 is 0 Å². The maximum atomic E-state index is 8.38. The summed E-state index contributed by atoms with van der Waals surface area (Å²) in [6.07, 6.45) is 2.42. The Labute approximate surface area is 83.9 Å². The van der Waals surface area contributed by atoms with Gasteiger partial charge in [0.05, 0.1) is 25.9 Å². The Hall–Kier alpha value is -0.200. The molecule has 5 nitrogen and oxygen atoms in total. The smallest absolute Gasteiger partial charge is 0.149 e. The van der Waals surface area contributed by atoms with Gasteiger partial charge < -0.3 is 24.1 Å². The van der Waals surface area contributed by atoms with Crippen LogP contribution in [-0.2, 0) is 18.9 Å². The third-order valence-electron chi connectivity index (χ3n) is 1.90. The molecular weight excluding hydrogens is 188 g/mol. The molecule has 0 bridgehead atoms. The molecule has 1 fully saturated rings. The molecule has 0 saturated carbocycles. The van der Waals surface area contributed by atoms with Crippen molar-refractivity contribution in [3.8, 4) is 0 Å². The molecule has 1 heterocycles. The first-order valence-corrected chi connectivity index (χ1v) is 4.89. The van der Waals surface area contributed by atoms with Crippen molar-refractivity contribution in [1.82, 2.24) is 0 Å². The summed E-state index contributed by atoms with van der Waals surface area (Å²) in [5.74, 6) is 0. The van der Waals surface area contributed by atoms with Gasteiger partial charge in [-0.15, -0.1) is 0 Å². The maximum absolute atomic E-state index is 8.38. The second kappa shape index (κ2) is 8.14. The average molecular weight is 206 g/mol. The summed E-state index contributed by atoms with van der Waals surface area (Å²) < 4.78 is 20.4. The highest BCUT2D eigenvalue weighted by molar-refractivity contribution is 4.62. The van der Waals surface area contributed by atoms with Crippen LogP contribution in [0.25, 0.3) is 0 Å². The first-order valence-electron chi connectivity index (χ1n) is 4.89. The molecule has 1 rings (SSSR count). The van der Waals surface area contributed by atoms with Crippen LogP contribution in [0.2, 0.25) is 0 Å². The van der Waals surface area contributed by atoms with Gasteiger partial charge in [-0.25, -0.2) is 0 Å². The minimum atomic E-state index is 0.0140. The lowest BCUT2D eigenvalue weighted by Gasteiger charge is -2.10. The molecule has 84 valence electrons. The molecule has 0 aliphatic carbocycles. The van der Waals surface area contributed by atoms with Crippen molar-refractivity contribution in [2.75, 3.05) is 40.0 Å². The first-order chi connectivity index (χ1) is 6.93. The van der Waals surface area contributed by atoms with Crippen molar-refractivity contribution in [2.45, 2.75) is 18.9 Å². The highest BCUT2D eigenvalue weighted by Gasteiger charge is 2.14. The van der Waals surface area contributed by atoms with Crippen molar-refractivity contribution in [2.24, 2.45) is 0 Å². The summed E-state index contributed by atoms with van der Waals surface area (Å²) in [5.41, 5.74) is 0. The maximum Gasteiger partial charge on any atom is 0.149 e. The van der Waals surface area contributed by atoms with E-state index in [1.807, 2.05) is 0 Å². The Morgan fingerprint density at radius 1 is 1.21 bits per heavy atom. The van der Waals surface area contributed by atoms with Gasteiger partial charge in [-0.2, -0.15) is 0 Å². The molecule has 0 radical (unpaired) electrons. The molecule has 0 amide bonds. The van der Waals surface area contributed by atoms with E-state index in [0.29, 0.717) is 13.2 Å². The molecule has 0 spiro atoms. The Morgan fingerprint density at radius 2 is 2.07 bits per heavy atom. The molecule has 0 aromatic rings. The monoisotopic (exact) mass is 206 g/mol. The van der Waals surface area contributed by atoms with E-state index < -0.39 is 0 Å². The van der Waals surface area contributed by atoms with Gasteiger partial charge in [-0.3, -0.25) is 0 Å². The molecule has 1 atom stereocenters. The first kappa shape index (κ1) is 11.9. The van der Waals surface area contributed by atoms with Crippen molar-refractivity contribution in [3.05, 3.63) is 0 Å². The predicted octanol–water partition coefficient (Wildman–Crippen LogP) is 0.122. The largest absolute Gasteiger partial charge is 0.394 e. The summed E-state index contributed by atoms with van der Waals surface area (Å²) in [6.45, 7) is 2.11. The van der Waals surface area contributed by atoms with Gasteiger partial charge >= 0.3 is 0 Å². The molecule has 1 aliphatic rings. The highest BCUT2D eigenvalue weighted by atomic mass is 16.7. The third-order valence-corrected chi connectivity index (χ3v) is 1.90. The molecule has 1 N–H and O–H groups in total. The zero-order chi connectivity index (χ0) is 10.1. The van der Waals surface area contributed by atoms with Gasteiger partial charge in [0.2, 0.25) is 0 Å². The minimum Gasteiger partial charge on any atom is -0.394 e. The fourth-order valence-corrected chi connectivity index (χ4v) is 1.23. The topological polar surface area (TPSA) is 57.2 Å². The van der Waals surface area contributed by atoms with Gasteiger partial charge in [0.15, 0.2) is 0 Å². The number of rotatable bonds is 8. The van der Waals surface area contributed by atoms with E-state index in [1.54, 1.807) is 0 Å². The van der Waals surface area contributed by atoms with Crippen LogP contribution in [0.5, 0.6) is 0 Å². The molecular formula is C9H18O5. The van der Waals surface area contributed by atoms with Crippen LogP contribution < -0.4 is 0 Å². The average Bonchev–Trinajstić information content (AvgIpc) is 2.69. The number of ether oxygens (including phenoxy) is 4. The van der Waals surface area contributed by atoms with E-state index in [-0.39, 0.29) is 26.3 Å². The van der Waals surface area contributed by atoms with Crippen molar-refractivity contribution in [1.29, 1.82) is 0 Å². The normalized spacial score (nSPS) is 21.6. The lowest BCUT2D eigenvalue weighted by molar-refractivity contribution is -0.144. The fraction of sp³-hybridized carbons (Fsp3) is 1.00. The van der Waals surface area contributed by atoms with Gasteiger partial charge in [-0.05, 0) is 12.8 Å². The van der Waals surface area contributed by atoms with Gasteiger partial charge in [0.1, 0.15) is 13.6 Å². The van der Waals surface area contributed by atoms with Gasteiger partial charge in [0, 0.05) is 6.61 Å². The second-order valence-corrected chi connectivity index (χ2v) is 3.08. The van der Waals surface area contributed by atoms with Crippen LogP contribution in [0, 0.1) is 0 Å². The lowest BCUT2D eigenvalue weighted by Crippen LogP contribution is -2.16. The van der Waals surface area contributed by atoms with Crippen LogP contribution in [0.1, 0.15) is 12.8 Å². The summed E-state index contributed by atoms with van der Waals surface area (Å²) in [7, 11) is 0. The zero-order valence-electron chi connectivity index (χ0n) is 8.31. The van der Waals surface area contributed by atoms with Crippen molar-refractivity contribution < 1.29 is 24.1 Å². The van der Waals surface area contributed by atoms with E-state index in [0.717, 1.165) is 19.4 Å². The van der Waals surface area contributed by atoms with E-state index in [2.05, 4.69) is 0 Å². The van der Waals surface area contributed by atoms with Crippen LogP contribution in [-0.4, -0.2) is 51.2 Å². The van der Waals surface area contributed by atoms with Gasteiger partial charge in [0.25, 0.3) is 0 Å². The third kappa shape index (κ3) is 5.51. The van der Waals surface area contributed by atoms with Crippen LogP contribution in [0.15, 0.2) is 0 Å². The number of aliphatic hydroxyl groups is 1. The second-order valence-electron chi connectivity index (χ2n) is 3.08. The lowest BCUT2D eigenvalue weighted by atomic mass is 10.2. The Kier molecular flexibility index (Phi) is 6.90. The molecule has 5 heteroatoms. The minimum absolute atomic E-state index is 0.0140. The zero-order valence-corrected chi connectivity index (χ0v) is 8.31. The van der Waals surface area contributed by atoms with Crippen molar-refractivity contribution in [3.63, 3.8) is 0 Å². The quantitative estimate of drug-likeness (QED) is 0.451. The van der Waals surface area contributed by atoms with E-state index in [9.17, 15) is 0 Å². The van der Waals surface area contributed by atoms with Crippen LogP contribution in [0.3, 0.4) is 0 Å². The molecule has 0 aromatic heterocycles. The van der Waals surface area contributed by atoms with E-state index >= 15 is 0 Å². The van der Waals surface area contributed by atoms with E-state index in [4.69, 9.17) is 24.1 Å². The standard InChI is InChI=1S/C9H18O5/c10-3-5-11-7-13-8-12-6-9-2-1-4-14-9/h9-10H,1-8H2. The molecule has 14 heavy (non-hydrogen) atoms. The Balaban J connectivity index is 1.75. The molecule has 1 aliphatic heterocycles. The molecule has 1 saturated heterocycles.